The van der Waals surface area contributed by atoms with Crippen LogP contribution >= 0.6 is 0 Å². The third-order valence-corrected chi connectivity index (χ3v) is 6.24. The molecule has 0 bridgehead atoms. The van der Waals surface area contributed by atoms with Gasteiger partial charge in [-0.15, -0.1) is 0 Å². The monoisotopic (exact) mass is 443 g/mol. The van der Waals surface area contributed by atoms with Crippen LogP contribution in [-0.4, -0.2) is 51.9 Å². The zero-order valence-corrected chi connectivity index (χ0v) is 18.6. The van der Waals surface area contributed by atoms with E-state index in [0.717, 1.165) is 46.8 Å². The third kappa shape index (κ3) is 4.58. The van der Waals surface area contributed by atoms with Gasteiger partial charge in [0.05, 0.1) is 5.39 Å². The molecule has 0 saturated carbocycles. The van der Waals surface area contributed by atoms with Crippen LogP contribution in [0.25, 0.3) is 22.3 Å². The number of fused-ring (bicyclic) bond motifs is 1. The summed E-state index contributed by atoms with van der Waals surface area (Å²) in [6.45, 7) is 4.83. The molecule has 2 aromatic carbocycles. The number of carbonyl (C=O) groups excluding carboxylic acids is 1. The molecule has 0 unspecified atom stereocenters. The molecule has 4 aromatic rings. The van der Waals surface area contributed by atoms with Crippen LogP contribution in [-0.2, 0) is 11.2 Å². The first-order chi connectivity index (χ1) is 16.1. The normalized spacial score (nSPS) is 14.1. The number of halogens is 1. The second-order valence-electron chi connectivity index (χ2n) is 8.50. The van der Waals surface area contributed by atoms with Crippen molar-refractivity contribution in [2.75, 3.05) is 31.1 Å². The number of nitrogens with one attached hydrogen (secondary N) is 1. The molecule has 5 rings (SSSR count). The van der Waals surface area contributed by atoms with Gasteiger partial charge in [0.15, 0.2) is 0 Å². The number of aryl methyl sites for hydroxylation is 2. The highest BCUT2D eigenvalue weighted by atomic mass is 19.1. The molecular formula is C26H26FN5O. The SMILES string of the molecule is Cc1ccc(-c2cc3c(N4CCN(C(=O)CCc5ccc(F)cc5)CC4)ncnc3[nH]2)cc1. The maximum Gasteiger partial charge on any atom is 0.223 e. The van der Waals surface area contributed by atoms with Crippen LogP contribution < -0.4 is 4.90 Å². The number of amides is 1. The fourth-order valence-corrected chi connectivity index (χ4v) is 4.30. The van der Waals surface area contributed by atoms with Gasteiger partial charge in [-0.05, 0) is 42.7 Å². The first-order valence-corrected chi connectivity index (χ1v) is 11.2. The summed E-state index contributed by atoms with van der Waals surface area (Å²) in [5.74, 6) is 0.775. The summed E-state index contributed by atoms with van der Waals surface area (Å²) in [4.78, 5) is 29.2. The van der Waals surface area contributed by atoms with Crippen molar-refractivity contribution in [1.82, 2.24) is 19.9 Å². The maximum absolute atomic E-state index is 13.1. The summed E-state index contributed by atoms with van der Waals surface area (Å²) < 4.78 is 13.1. The van der Waals surface area contributed by atoms with Gasteiger partial charge < -0.3 is 14.8 Å². The van der Waals surface area contributed by atoms with E-state index in [-0.39, 0.29) is 11.7 Å². The van der Waals surface area contributed by atoms with Crippen LogP contribution in [0.1, 0.15) is 17.5 Å². The van der Waals surface area contributed by atoms with E-state index in [9.17, 15) is 9.18 Å². The molecule has 1 aliphatic heterocycles. The van der Waals surface area contributed by atoms with Gasteiger partial charge in [0, 0.05) is 38.3 Å². The first kappa shape index (κ1) is 21.1. The minimum absolute atomic E-state index is 0.134. The number of H-pyrrole nitrogens is 1. The van der Waals surface area contributed by atoms with Gasteiger partial charge in [0.25, 0.3) is 0 Å². The maximum atomic E-state index is 13.1. The van der Waals surface area contributed by atoms with Gasteiger partial charge in [-0.3, -0.25) is 4.79 Å². The Labute approximate surface area is 192 Å². The summed E-state index contributed by atoms with van der Waals surface area (Å²) in [5.41, 5.74) is 5.14. The van der Waals surface area contributed by atoms with Crippen molar-refractivity contribution in [3.8, 4) is 11.3 Å². The van der Waals surface area contributed by atoms with Gasteiger partial charge in [-0.2, -0.15) is 0 Å². The van der Waals surface area contributed by atoms with E-state index >= 15 is 0 Å². The molecule has 7 heteroatoms. The average Bonchev–Trinajstić information content (AvgIpc) is 3.28. The number of anilines is 1. The molecule has 1 amide bonds. The van der Waals surface area contributed by atoms with Crippen molar-refractivity contribution in [1.29, 1.82) is 0 Å². The van der Waals surface area contributed by atoms with Crippen molar-refractivity contribution in [3.05, 3.63) is 77.9 Å². The van der Waals surface area contributed by atoms with Gasteiger partial charge >= 0.3 is 0 Å². The van der Waals surface area contributed by atoms with Crippen LogP contribution in [0.15, 0.2) is 60.9 Å². The zero-order valence-electron chi connectivity index (χ0n) is 18.6. The summed E-state index contributed by atoms with van der Waals surface area (Å²) in [5, 5.41) is 0.990. The van der Waals surface area contributed by atoms with Gasteiger partial charge in [0.1, 0.15) is 23.6 Å². The van der Waals surface area contributed by atoms with Gasteiger partial charge in [-0.25, -0.2) is 14.4 Å². The molecule has 1 aliphatic rings. The highest BCUT2D eigenvalue weighted by Crippen LogP contribution is 2.29. The number of hydrogen-bond acceptors (Lipinski definition) is 4. The third-order valence-electron chi connectivity index (χ3n) is 6.24. The van der Waals surface area contributed by atoms with E-state index < -0.39 is 0 Å². The molecule has 3 heterocycles. The number of nitrogens with zero attached hydrogens (tertiary/aromatic N) is 4. The molecule has 1 saturated heterocycles. The lowest BCUT2D eigenvalue weighted by molar-refractivity contribution is -0.131. The number of rotatable bonds is 5. The van der Waals surface area contributed by atoms with Crippen LogP contribution in [0.2, 0.25) is 0 Å². The van der Waals surface area contributed by atoms with Crippen molar-refractivity contribution in [2.24, 2.45) is 0 Å². The minimum atomic E-state index is -0.256. The smallest absolute Gasteiger partial charge is 0.223 e. The molecule has 168 valence electrons. The van der Waals surface area contributed by atoms with Crippen molar-refractivity contribution in [2.45, 2.75) is 19.8 Å². The van der Waals surface area contributed by atoms with E-state index in [2.05, 4.69) is 57.1 Å². The Morgan fingerprint density at radius 1 is 1.00 bits per heavy atom. The number of carbonyl (C=O) groups is 1. The molecule has 0 atom stereocenters. The number of hydrogen-bond donors (Lipinski definition) is 1. The lowest BCUT2D eigenvalue weighted by Crippen LogP contribution is -2.49. The van der Waals surface area contributed by atoms with E-state index in [4.69, 9.17) is 0 Å². The number of aromatic nitrogens is 3. The lowest BCUT2D eigenvalue weighted by atomic mass is 10.1. The second-order valence-corrected chi connectivity index (χ2v) is 8.50. The van der Waals surface area contributed by atoms with E-state index in [1.807, 2.05) is 4.90 Å². The summed E-state index contributed by atoms with van der Waals surface area (Å²) in [6, 6.07) is 16.9. The molecule has 0 spiro atoms. The van der Waals surface area contributed by atoms with Gasteiger partial charge in [-0.1, -0.05) is 42.0 Å². The lowest BCUT2D eigenvalue weighted by Gasteiger charge is -2.35. The molecule has 1 N–H and O–H groups in total. The summed E-state index contributed by atoms with van der Waals surface area (Å²) >= 11 is 0. The molecule has 2 aromatic heterocycles. The summed E-state index contributed by atoms with van der Waals surface area (Å²) in [7, 11) is 0. The molecular weight excluding hydrogens is 417 g/mol. The Balaban J connectivity index is 1.25. The van der Waals surface area contributed by atoms with Crippen molar-refractivity contribution in [3.63, 3.8) is 0 Å². The molecule has 0 radical (unpaired) electrons. The van der Waals surface area contributed by atoms with E-state index in [1.165, 1.54) is 17.7 Å². The molecule has 1 fully saturated rings. The highest BCUT2D eigenvalue weighted by Gasteiger charge is 2.23. The van der Waals surface area contributed by atoms with Crippen LogP contribution in [0, 0.1) is 12.7 Å². The second kappa shape index (κ2) is 9.02. The Morgan fingerprint density at radius 2 is 1.73 bits per heavy atom. The Kier molecular flexibility index (Phi) is 5.77. The predicted molar refractivity (Wildman–Crippen MR) is 128 cm³/mol. The average molecular weight is 444 g/mol. The fourth-order valence-electron chi connectivity index (χ4n) is 4.30. The first-order valence-electron chi connectivity index (χ1n) is 11.2. The van der Waals surface area contributed by atoms with E-state index in [1.54, 1.807) is 18.5 Å². The van der Waals surface area contributed by atoms with Crippen LogP contribution in [0.4, 0.5) is 10.2 Å². The summed E-state index contributed by atoms with van der Waals surface area (Å²) in [6.07, 6.45) is 2.64. The molecule has 0 aliphatic carbocycles. The standard InChI is InChI=1S/C26H26FN5O/c1-18-2-7-20(8-3-18)23-16-22-25(30-23)28-17-29-26(22)32-14-12-31(13-15-32)24(33)11-6-19-4-9-21(27)10-5-19/h2-5,7-10,16-17H,6,11-15H2,1H3,(H,28,29,30). The number of benzene rings is 2. The molecule has 6 nitrogen and oxygen atoms in total. The van der Waals surface area contributed by atoms with Crippen molar-refractivity contribution >= 4 is 22.8 Å². The van der Waals surface area contributed by atoms with Crippen molar-refractivity contribution < 1.29 is 9.18 Å². The van der Waals surface area contributed by atoms with Crippen LogP contribution in [0.3, 0.4) is 0 Å². The van der Waals surface area contributed by atoms with Crippen LogP contribution in [0.5, 0.6) is 0 Å². The Bertz CT molecular complexity index is 1260. The molecule has 33 heavy (non-hydrogen) atoms. The number of piperazine rings is 1. The quantitative estimate of drug-likeness (QED) is 0.498. The topological polar surface area (TPSA) is 65.1 Å². The zero-order chi connectivity index (χ0) is 22.8. The predicted octanol–water partition coefficient (Wildman–Crippen LogP) is 4.35. The highest BCUT2D eigenvalue weighted by molar-refractivity contribution is 5.92. The Morgan fingerprint density at radius 3 is 2.45 bits per heavy atom. The Hall–Kier alpha value is -3.74. The van der Waals surface area contributed by atoms with Gasteiger partial charge in [0.2, 0.25) is 5.91 Å². The largest absolute Gasteiger partial charge is 0.352 e. The number of aromatic amines is 1. The minimum Gasteiger partial charge on any atom is -0.352 e. The fraction of sp³-hybridized carbons (Fsp3) is 0.269. The van der Waals surface area contributed by atoms with E-state index in [0.29, 0.717) is 25.9 Å².